The number of fused-ring (bicyclic) bond motifs is 1. The van der Waals surface area contributed by atoms with Crippen molar-refractivity contribution in [2.24, 2.45) is 4.99 Å². The van der Waals surface area contributed by atoms with Crippen molar-refractivity contribution in [1.82, 2.24) is 19.9 Å². The first-order valence-electron chi connectivity index (χ1n) is 8.79. The lowest BCUT2D eigenvalue weighted by atomic mass is 10.1. The fourth-order valence-electron chi connectivity index (χ4n) is 3.30. The van der Waals surface area contributed by atoms with Crippen LogP contribution in [-0.4, -0.2) is 33.5 Å². The number of nitrogens with one attached hydrogen (secondary N) is 1. The fraction of sp³-hybridized carbons (Fsp3) is 0.0952. The van der Waals surface area contributed by atoms with Gasteiger partial charge in [0.1, 0.15) is 5.84 Å². The molecule has 5 rings (SSSR count). The minimum Gasteiger partial charge on any atom is -0.368 e. The van der Waals surface area contributed by atoms with Gasteiger partial charge in [0.25, 0.3) is 0 Å². The molecule has 1 aliphatic heterocycles. The van der Waals surface area contributed by atoms with Crippen LogP contribution in [0.2, 0.25) is 0 Å². The summed E-state index contributed by atoms with van der Waals surface area (Å²) in [5.74, 6) is 1.59. The zero-order chi connectivity index (χ0) is 18.2. The summed E-state index contributed by atoms with van der Waals surface area (Å²) in [6.45, 7) is 1.64. The molecule has 0 bridgehead atoms. The molecular weight excluding hydrogens is 402 g/mol. The number of nitrogens with zero attached hydrogens (tertiary/aromatic N) is 4. The average Bonchev–Trinajstić information content (AvgIpc) is 3.38. The van der Waals surface area contributed by atoms with Crippen molar-refractivity contribution >= 4 is 27.4 Å². The second kappa shape index (κ2) is 6.63. The summed E-state index contributed by atoms with van der Waals surface area (Å²) >= 11 is 3.56. The number of aromatic nitrogens is 3. The molecule has 4 aromatic rings. The third kappa shape index (κ3) is 2.92. The number of hydrogen-bond acceptors (Lipinski definition) is 4. The number of amidine groups is 1. The van der Waals surface area contributed by atoms with Gasteiger partial charge in [-0.3, -0.25) is 4.99 Å². The van der Waals surface area contributed by atoms with E-state index in [1.807, 2.05) is 47.0 Å². The summed E-state index contributed by atoms with van der Waals surface area (Å²) in [4.78, 5) is 9.43. The Balaban J connectivity index is 1.77. The van der Waals surface area contributed by atoms with Gasteiger partial charge >= 0.3 is 0 Å². The van der Waals surface area contributed by atoms with Gasteiger partial charge in [0.05, 0.1) is 17.8 Å². The predicted octanol–water partition coefficient (Wildman–Crippen LogP) is 4.18. The van der Waals surface area contributed by atoms with E-state index in [0.717, 1.165) is 51.4 Å². The summed E-state index contributed by atoms with van der Waals surface area (Å²) in [6.07, 6.45) is 0. The Hall–Kier alpha value is -2.99. The summed E-state index contributed by atoms with van der Waals surface area (Å²) in [6, 6.07) is 22.4. The quantitative estimate of drug-likeness (QED) is 0.543. The van der Waals surface area contributed by atoms with Gasteiger partial charge in [-0.05, 0) is 24.3 Å². The minimum absolute atomic E-state index is 0.706. The Morgan fingerprint density at radius 2 is 1.78 bits per heavy atom. The van der Waals surface area contributed by atoms with Gasteiger partial charge in [-0.2, -0.15) is 0 Å². The van der Waals surface area contributed by atoms with Crippen molar-refractivity contribution in [3.05, 3.63) is 76.8 Å². The summed E-state index contributed by atoms with van der Waals surface area (Å²) < 4.78 is 2.95. The highest BCUT2D eigenvalue weighted by molar-refractivity contribution is 9.10. The van der Waals surface area contributed by atoms with E-state index < -0.39 is 0 Å². The molecular formula is C21H16BrN5. The van der Waals surface area contributed by atoms with Crippen LogP contribution in [0, 0.1) is 0 Å². The molecule has 27 heavy (non-hydrogen) atoms. The van der Waals surface area contributed by atoms with Gasteiger partial charge < -0.3 is 5.32 Å². The molecule has 0 unspecified atom stereocenters. The maximum Gasteiger partial charge on any atom is 0.182 e. The topological polar surface area (TPSA) is 54.6 Å². The van der Waals surface area contributed by atoms with Crippen LogP contribution in [0.15, 0.2) is 76.2 Å². The van der Waals surface area contributed by atoms with Crippen molar-refractivity contribution in [2.45, 2.75) is 0 Å². The molecule has 0 spiro atoms. The molecule has 0 amide bonds. The maximum absolute atomic E-state index is 4.86. The lowest BCUT2D eigenvalue weighted by molar-refractivity contribution is 0.956. The highest BCUT2D eigenvalue weighted by Gasteiger charge is 2.18. The SMILES string of the molecule is Brc1cccc(-c2ccc(C3=NCCN3)c3nc(-c4ccccc4)nn23)c1. The zero-order valence-corrected chi connectivity index (χ0v) is 16.0. The molecule has 3 heterocycles. The average molecular weight is 418 g/mol. The molecule has 2 aromatic carbocycles. The van der Waals surface area contributed by atoms with Crippen LogP contribution >= 0.6 is 15.9 Å². The number of hydrogen-bond donors (Lipinski definition) is 1. The Bertz CT molecular complexity index is 1160. The van der Waals surface area contributed by atoms with Crippen LogP contribution in [0.4, 0.5) is 0 Å². The van der Waals surface area contributed by atoms with E-state index in [9.17, 15) is 0 Å². The standard InChI is InChI=1S/C21H16BrN5/c22-16-8-4-7-15(13-16)18-10-9-17(20-23-11-12-24-20)21-25-19(26-27(18)21)14-5-2-1-3-6-14/h1-10,13H,11-12H2,(H,23,24). The van der Waals surface area contributed by atoms with E-state index in [1.54, 1.807) is 0 Å². The third-order valence-corrected chi connectivity index (χ3v) is 5.06. The molecule has 1 aliphatic rings. The second-order valence-electron chi connectivity index (χ2n) is 6.34. The lowest BCUT2D eigenvalue weighted by Crippen LogP contribution is -2.20. The molecule has 0 saturated heterocycles. The first kappa shape index (κ1) is 16.2. The third-order valence-electron chi connectivity index (χ3n) is 4.57. The summed E-state index contributed by atoms with van der Waals surface area (Å²) in [5, 5.41) is 8.17. The van der Waals surface area contributed by atoms with E-state index in [4.69, 9.17) is 10.1 Å². The molecule has 0 fully saturated rings. The van der Waals surface area contributed by atoms with Crippen LogP contribution < -0.4 is 5.32 Å². The van der Waals surface area contributed by atoms with Gasteiger partial charge in [0, 0.05) is 22.1 Å². The Morgan fingerprint density at radius 3 is 2.56 bits per heavy atom. The highest BCUT2D eigenvalue weighted by Crippen LogP contribution is 2.27. The van der Waals surface area contributed by atoms with Crippen LogP contribution in [0.3, 0.4) is 0 Å². The molecule has 0 aliphatic carbocycles. The van der Waals surface area contributed by atoms with Crippen molar-refractivity contribution in [2.75, 3.05) is 13.1 Å². The highest BCUT2D eigenvalue weighted by atomic mass is 79.9. The minimum atomic E-state index is 0.706. The molecule has 0 atom stereocenters. The predicted molar refractivity (Wildman–Crippen MR) is 111 cm³/mol. The molecule has 132 valence electrons. The van der Waals surface area contributed by atoms with Gasteiger partial charge in [0.15, 0.2) is 11.5 Å². The van der Waals surface area contributed by atoms with Crippen molar-refractivity contribution in [3.8, 4) is 22.6 Å². The number of halogens is 1. The second-order valence-corrected chi connectivity index (χ2v) is 7.25. The Morgan fingerprint density at radius 1 is 0.926 bits per heavy atom. The Kier molecular flexibility index (Phi) is 3.98. The molecule has 5 nitrogen and oxygen atoms in total. The molecule has 1 N–H and O–H groups in total. The van der Waals surface area contributed by atoms with Crippen molar-refractivity contribution < 1.29 is 0 Å². The van der Waals surface area contributed by atoms with E-state index in [0.29, 0.717) is 5.82 Å². The van der Waals surface area contributed by atoms with Crippen molar-refractivity contribution in [1.29, 1.82) is 0 Å². The maximum atomic E-state index is 4.86. The lowest BCUT2D eigenvalue weighted by Gasteiger charge is -2.09. The van der Waals surface area contributed by atoms with Crippen molar-refractivity contribution in [3.63, 3.8) is 0 Å². The number of aliphatic imine (C=N–C) groups is 1. The molecule has 6 heteroatoms. The number of rotatable bonds is 3. The fourth-order valence-corrected chi connectivity index (χ4v) is 3.70. The zero-order valence-electron chi connectivity index (χ0n) is 14.4. The normalized spacial score (nSPS) is 13.6. The van der Waals surface area contributed by atoms with E-state index in [-0.39, 0.29) is 0 Å². The largest absolute Gasteiger partial charge is 0.368 e. The first-order chi connectivity index (χ1) is 13.3. The van der Waals surface area contributed by atoms with Crippen LogP contribution in [-0.2, 0) is 0 Å². The number of pyridine rings is 1. The first-order valence-corrected chi connectivity index (χ1v) is 9.59. The monoisotopic (exact) mass is 417 g/mol. The number of benzene rings is 2. The van der Waals surface area contributed by atoms with Gasteiger partial charge in [-0.25, -0.2) is 9.50 Å². The molecule has 0 radical (unpaired) electrons. The summed E-state index contributed by atoms with van der Waals surface area (Å²) in [7, 11) is 0. The van der Waals surface area contributed by atoms with Gasteiger partial charge in [-0.1, -0.05) is 58.4 Å². The smallest absolute Gasteiger partial charge is 0.182 e. The van der Waals surface area contributed by atoms with Crippen LogP contribution in [0.1, 0.15) is 5.56 Å². The summed E-state index contributed by atoms with van der Waals surface area (Å²) in [5.41, 5.74) is 4.84. The van der Waals surface area contributed by atoms with Crippen LogP contribution in [0.5, 0.6) is 0 Å². The van der Waals surface area contributed by atoms with E-state index >= 15 is 0 Å². The molecule has 0 saturated carbocycles. The van der Waals surface area contributed by atoms with Gasteiger partial charge in [0.2, 0.25) is 0 Å². The molecule has 2 aromatic heterocycles. The Labute approximate surface area is 164 Å². The van der Waals surface area contributed by atoms with Gasteiger partial charge in [-0.15, -0.1) is 5.10 Å². The van der Waals surface area contributed by atoms with E-state index in [1.165, 1.54) is 0 Å². The van der Waals surface area contributed by atoms with Crippen LogP contribution in [0.25, 0.3) is 28.3 Å². The van der Waals surface area contributed by atoms with E-state index in [2.05, 4.69) is 50.5 Å².